The maximum Gasteiger partial charge on any atom is 0.345 e. The van der Waals surface area contributed by atoms with E-state index in [9.17, 15) is 4.79 Å². The molecule has 0 saturated carbocycles. The topological polar surface area (TPSA) is 71.8 Å². The molecule has 0 atom stereocenters. The number of nitrogens with two attached hydrogens (primary N) is 1. The smallest absolute Gasteiger partial charge is 0.330 e. The summed E-state index contributed by atoms with van der Waals surface area (Å²) in [5.74, 6) is 0. The number of aromatic nitrogens is 2. The minimum absolute atomic E-state index is 0.287. The number of aromatic amines is 1. The van der Waals surface area contributed by atoms with Crippen molar-refractivity contribution in [1.29, 1.82) is 0 Å². The molecular formula is C12H15N3O. The molecule has 0 aliphatic heterocycles. The van der Waals surface area contributed by atoms with E-state index in [1.165, 1.54) is 0 Å². The number of hydrogen-bond donors (Lipinski definition) is 2. The Morgan fingerprint density at radius 3 is 3.00 bits per heavy atom. The molecule has 0 saturated heterocycles. The third-order valence-electron chi connectivity index (χ3n) is 2.59. The van der Waals surface area contributed by atoms with Crippen molar-refractivity contribution in [3.63, 3.8) is 0 Å². The Bertz CT molecular complexity index is 560. The van der Waals surface area contributed by atoms with E-state index in [1.807, 2.05) is 25.1 Å². The lowest BCUT2D eigenvalue weighted by Crippen LogP contribution is -2.14. The average Bonchev–Trinajstić information content (AvgIpc) is 2.25. The van der Waals surface area contributed by atoms with Crippen LogP contribution in [0.1, 0.15) is 17.7 Å². The van der Waals surface area contributed by atoms with Crippen molar-refractivity contribution in [3.8, 4) is 0 Å². The van der Waals surface area contributed by atoms with Crippen LogP contribution in [0, 0.1) is 6.92 Å². The highest BCUT2D eigenvalue weighted by Gasteiger charge is 2.04. The van der Waals surface area contributed by atoms with Crippen molar-refractivity contribution in [3.05, 3.63) is 39.9 Å². The van der Waals surface area contributed by atoms with Gasteiger partial charge in [0.2, 0.25) is 0 Å². The van der Waals surface area contributed by atoms with Crippen LogP contribution in [-0.2, 0) is 6.42 Å². The molecule has 0 fully saturated rings. The van der Waals surface area contributed by atoms with Crippen LogP contribution < -0.4 is 11.4 Å². The van der Waals surface area contributed by atoms with E-state index in [1.54, 1.807) is 0 Å². The SMILES string of the molecule is Cc1ccc2c(CCCN)[nH]c(=O)nc2c1. The van der Waals surface area contributed by atoms with Gasteiger partial charge in [0.1, 0.15) is 0 Å². The molecule has 84 valence electrons. The van der Waals surface area contributed by atoms with Crippen molar-refractivity contribution in [2.45, 2.75) is 19.8 Å². The maximum absolute atomic E-state index is 11.4. The molecule has 2 aromatic rings. The van der Waals surface area contributed by atoms with Crippen molar-refractivity contribution >= 4 is 10.9 Å². The van der Waals surface area contributed by atoms with Gasteiger partial charge in [0.05, 0.1) is 5.52 Å². The summed E-state index contributed by atoms with van der Waals surface area (Å²) in [6.45, 7) is 2.61. The number of hydrogen-bond acceptors (Lipinski definition) is 3. The Morgan fingerprint density at radius 2 is 2.25 bits per heavy atom. The van der Waals surface area contributed by atoms with E-state index in [4.69, 9.17) is 5.73 Å². The van der Waals surface area contributed by atoms with Crippen LogP contribution >= 0.6 is 0 Å². The first-order valence-corrected chi connectivity index (χ1v) is 5.40. The highest BCUT2D eigenvalue weighted by atomic mass is 16.1. The Morgan fingerprint density at radius 1 is 1.44 bits per heavy atom. The van der Waals surface area contributed by atoms with E-state index in [0.717, 1.165) is 35.0 Å². The summed E-state index contributed by atoms with van der Waals surface area (Å²) in [7, 11) is 0. The molecule has 1 aromatic carbocycles. The molecule has 4 nitrogen and oxygen atoms in total. The second-order valence-corrected chi connectivity index (χ2v) is 3.93. The maximum atomic E-state index is 11.4. The number of rotatable bonds is 3. The fourth-order valence-corrected chi connectivity index (χ4v) is 1.80. The summed E-state index contributed by atoms with van der Waals surface area (Å²) in [5.41, 5.74) is 7.99. The Labute approximate surface area is 93.5 Å². The fraction of sp³-hybridized carbons (Fsp3) is 0.333. The zero-order valence-electron chi connectivity index (χ0n) is 9.29. The number of fused-ring (bicyclic) bond motifs is 1. The van der Waals surface area contributed by atoms with Gasteiger partial charge in [-0.15, -0.1) is 0 Å². The molecule has 0 aliphatic rings. The molecule has 4 heteroatoms. The number of H-pyrrole nitrogens is 1. The van der Waals surface area contributed by atoms with Crippen molar-refractivity contribution in [1.82, 2.24) is 9.97 Å². The summed E-state index contributed by atoms with van der Waals surface area (Å²) < 4.78 is 0. The Balaban J connectivity index is 2.58. The zero-order chi connectivity index (χ0) is 11.5. The highest BCUT2D eigenvalue weighted by molar-refractivity contribution is 5.81. The first kappa shape index (κ1) is 10.8. The van der Waals surface area contributed by atoms with E-state index >= 15 is 0 Å². The Kier molecular flexibility index (Phi) is 3.01. The minimum Gasteiger partial charge on any atom is -0.330 e. The molecule has 1 heterocycles. The van der Waals surface area contributed by atoms with Crippen LogP contribution in [0.4, 0.5) is 0 Å². The molecule has 0 bridgehead atoms. The summed E-state index contributed by atoms with van der Waals surface area (Å²) in [5, 5.41) is 1.01. The predicted molar refractivity (Wildman–Crippen MR) is 64.5 cm³/mol. The lowest BCUT2D eigenvalue weighted by Gasteiger charge is -2.05. The van der Waals surface area contributed by atoms with Crippen molar-refractivity contribution in [2.75, 3.05) is 6.54 Å². The first-order valence-electron chi connectivity index (χ1n) is 5.40. The molecule has 1 aromatic heterocycles. The van der Waals surface area contributed by atoms with Gasteiger partial charge in [-0.1, -0.05) is 12.1 Å². The predicted octanol–water partition coefficient (Wildman–Crippen LogP) is 1.12. The van der Waals surface area contributed by atoms with Crippen LogP contribution in [0.25, 0.3) is 10.9 Å². The van der Waals surface area contributed by atoms with Crippen molar-refractivity contribution in [2.24, 2.45) is 5.73 Å². The summed E-state index contributed by atoms with van der Waals surface area (Å²) >= 11 is 0. The first-order chi connectivity index (χ1) is 7.70. The second-order valence-electron chi connectivity index (χ2n) is 3.93. The van der Waals surface area contributed by atoms with E-state index < -0.39 is 0 Å². The van der Waals surface area contributed by atoms with Gasteiger partial charge in [-0.2, -0.15) is 4.98 Å². The van der Waals surface area contributed by atoms with Gasteiger partial charge >= 0.3 is 5.69 Å². The van der Waals surface area contributed by atoms with Gasteiger partial charge in [-0.25, -0.2) is 4.79 Å². The number of nitrogens with one attached hydrogen (secondary N) is 1. The lowest BCUT2D eigenvalue weighted by atomic mass is 10.1. The lowest BCUT2D eigenvalue weighted by molar-refractivity contribution is 0.808. The second kappa shape index (κ2) is 4.45. The molecule has 0 radical (unpaired) electrons. The molecule has 16 heavy (non-hydrogen) atoms. The Hall–Kier alpha value is -1.68. The van der Waals surface area contributed by atoms with E-state index in [2.05, 4.69) is 9.97 Å². The fourth-order valence-electron chi connectivity index (χ4n) is 1.80. The van der Waals surface area contributed by atoms with E-state index in [0.29, 0.717) is 6.54 Å². The molecule has 3 N–H and O–H groups in total. The van der Waals surface area contributed by atoms with Gasteiger partial charge in [0, 0.05) is 11.1 Å². The number of benzene rings is 1. The molecule has 0 spiro atoms. The van der Waals surface area contributed by atoms with Crippen LogP contribution in [0.5, 0.6) is 0 Å². The zero-order valence-corrected chi connectivity index (χ0v) is 9.29. The van der Waals surface area contributed by atoms with Crippen LogP contribution in [0.3, 0.4) is 0 Å². The molecule has 0 amide bonds. The van der Waals surface area contributed by atoms with Gasteiger partial charge in [0.15, 0.2) is 0 Å². The van der Waals surface area contributed by atoms with Crippen LogP contribution in [0.2, 0.25) is 0 Å². The third kappa shape index (κ3) is 2.12. The standard InChI is InChI=1S/C12H15N3O/c1-8-4-5-9-10(3-2-6-13)14-12(16)15-11(9)7-8/h4-5,7H,2-3,6,13H2,1H3,(H,14,15,16). The van der Waals surface area contributed by atoms with Gasteiger partial charge in [-0.05, 0) is 37.9 Å². The van der Waals surface area contributed by atoms with Crippen LogP contribution in [0.15, 0.2) is 23.0 Å². The third-order valence-corrected chi connectivity index (χ3v) is 2.59. The monoisotopic (exact) mass is 217 g/mol. The minimum atomic E-state index is -0.287. The quantitative estimate of drug-likeness (QED) is 0.809. The highest BCUT2D eigenvalue weighted by Crippen LogP contribution is 2.15. The number of nitrogens with zero attached hydrogens (tertiary/aromatic N) is 1. The van der Waals surface area contributed by atoms with Gasteiger partial charge in [-0.3, -0.25) is 0 Å². The van der Waals surface area contributed by atoms with Gasteiger partial charge < -0.3 is 10.7 Å². The largest absolute Gasteiger partial charge is 0.345 e. The molecular weight excluding hydrogens is 202 g/mol. The summed E-state index contributed by atoms with van der Waals surface area (Å²) in [6.07, 6.45) is 1.65. The average molecular weight is 217 g/mol. The van der Waals surface area contributed by atoms with E-state index in [-0.39, 0.29) is 5.69 Å². The van der Waals surface area contributed by atoms with Gasteiger partial charge in [0.25, 0.3) is 0 Å². The summed E-state index contributed by atoms with van der Waals surface area (Å²) in [6, 6.07) is 5.95. The van der Waals surface area contributed by atoms with Crippen LogP contribution in [-0.4, -0.2) is 16.5 Å². The van der Waals surface area contributed by atoms with Crippen molar-refractivity contribution < 1.29 is 0 Å². The number of aryl methyl sites for hydroxylation is 2. The summed E-state index contributed by atoms with van der Waals surface area (Å²) in [4.78, 5) is 18.1. The molecule has 0 aliphatic carbocycles. The molecule has 0 unspecified atom stereocenters. The molecule has 2 rings (SSSR count). The normalized spacial score (nSPS) is 10.9.